The quantitative estimate of drug-likeness (QED) is 0.670. The van der Waals surface area contributed by atoms with Crippen LogP contribution in [0.5, 0.6) is 5.75 Å². The minimum Gasteiger partial charge on any atom is -0.490 e. The van der Waals surface area contributed by atoms with Gasteiger partial charge in [0.1, 0.15) is 5.75 Å². The van der Waals surface area contributed by atoms with Gasteiger partial charge in [-0.15, -0.1) is 0 Å². The molecule has 2 rings (SSSR count). The summed E-state index contributed by atoms with van der Waals surface area (Å²) in [5, 5.41) is 0. The van der Waals surface area contributed by atoms with Gasteiger partial charge in [-0.25, -0.2) is 13.2 Å². The van der Waals surface area contributed by atoms with Gasteiger partial charge in [0.15, 0.2) is 17.5 Å². The summed E-state index contributed by atoms with van der Waals surface area (Å²) in [4.78, 5) is 0. The molecule has 0 saturated heterocycles. The molecule has 0 unspecified atom stereocenters. The molecule has 1 aliphatic rings. The van der Waals surface area contributed by atoms with Crippen molar-refractivity contribution in [1.82, 2.24) is 0 Å². The maximum Gasteiger partial charge on any atom is 0.194 e. The van der Waals surface area contributed by atoms with Crippen LogP contribution < -0.4 is 4.74 Å². The molecule has 1 saturated carbocycles. The molecule has 0 spiro atoms. The van der Waals surface area contributed by atoms with E-state index in [2.05, 4.69) is 0 Å². The molecule has 0 amide bonds. The molecule has 1 fully saturated rings. The molecule has 0 bridgehead atoms. The van der Waals surface area contributed by atoms with E-state index < -0.39 is 17.5 Å². The van der Waals surface area contributed by atoms with Gasteiger partial charge in [-0.2, -0.15) is 0 Å². The van der Waals surface area contributed by atoms with E-state index >= 15 is 0 Å². The van der Waals surface area contributed by atoms with Gasteiger partial charge in [0.2, 0.25) is 0 Å². The van der Waals surface area contributed by atoms with Crippen LogP contribution in [0.15, 0.2) is 12.1 Å². The van der Waals surface area contributed by atoms with Crippen molar-refractivity contribution in [1.29, 1.82) is 0 Å². The van der Waals surface area contributed by atoms with Crippen molar-refractivity contribution in [3.63, 3.8) is 0 Å². The maximum absolute atomic E-state index is 12.7. The molecule has 0 aliphatic heterocycles. The van der Waals surface area contributed by atoms with Crippen molar-refractivity contribution in [3.8, 4) is 5.75 Å². The lowest BCUT2D eigenvalue weighted by Gasteiger charge is -2.26. The molecule has 0 N–H and O–H groups in total. The highest BCUT2D eigenvalue weighted by atomic mass is 19.2. The highest BCUT2D eigenvalue weighted by Gasteiger charge is 2.20. The first kappa shape index (κ1) is 9.37. The second-order valence-electron chi connectivity index (χ2n) is 3.37. The van der Waals surface area contributed by atoms with E-state index in [1.165, 1.54) is 0 Å². The van der Waals surface area contributed by atoms with Crippen LogP contribution in [0.4, 0.5) is 13.2 Å². The van der Waals surface area contributed by atoms with E-state index in [-0.39, 0.29) is 11.9 Å². The summed E-state index contributed by atoms with van der Waals surface area (Å²) in [7, 11) is 0. The molecule has 1 aromatic carbocycles. The van der Waals surface area contributed by atoms with Crippen LogP contribution in [0.2, 0.25) is 0 Å². The fourth-order valence-corrected chi connectivity index (χ4v) is 1.28. The fraction of sp³-hybridized carbons (Fsp3) is 0.400. The number of ether oxygens (including phenoxy) is 1. The third-order valence-electron chi connectivity index (χ3n) is 2.31. The Morgan fingerprint density at radius 2 is 1.64 bits per heavy atom. The van der Waals surface area contributed by atoms with Gasteiger partial charge in [0.25, 0.3) is 0 Å². The fourth-order valence-electron chi connectivity index (χ4n) is 1.28. The summed E-state index contributed by atoms with van der Waals surface area (Å²) in [6.07, 6.45) is 2.87. The Bertz CT molecular complexity index is 324. The standard InChI is InChI=1S/C10H9F3O/c11-8-4-7(5-9(12)10(8)13)14-6-2-1-3-6/h4-6H,1-3H2. The van der Waals surface area contributed by atoms with Gasteiger partial charge in [-0.05, 0) is 19.3 Å². The van der Waals surface area contributed by atoms with Crippen molar-refractivity contribution in [2.45, 2.75) is 25.4 Å². The number of rotatable bonds is 2. The highest BCUT2D eigenvalue weighted by Crippen LogP contribution is 2.27. The Labute approximate surface area is 79.5 Å². The van der Waals surface area contributed by atoms with Crippen molar-refractivity contribution in [3.05, 3.63) is 29.6 Å². The van der Waals surface area contributed by atoms with Crippen LogP contribution in [0.25, 0.3) is 0 Å². The van der Waals surface area contributed by atoms with Gasteiger partial charge >= 0.3 is 0 Å². The third-order valence-corrected chi connectivity index (χ3v) is 2.31. The van der Waals surface area contributed by atoms with Crippen LogP contribution >= 0.6 is 0 Å². The average Bonchev–Trinajstić information content (AvgIpc) is 2.07. The van der Waals surface area contributed by atoms with E-state index in [1.807, 2.05) is 0 Å². The Morgan fingerprint density at radius 3 is 2.07 bits per heavy atom. The zero-order valence-electron chi connectivity index (χ0n) is 7.40. The molecule has 0 radical (unpaired) electrons. The van der Waals surface area contributed by atoms with E-state index in [9.17, 15) is 13.2 Å². The first-order valence-electron chi connectivity index (χ1n) is 4.48. The van der Waals surface area contributed by atoms with E-state index in [4.69, 9.17) is 4.74 Å². The summed E-state index contributed by atoms with van der Waals surface area (Å²) in [5.41, 5.74) is 0. The zero-order chi connectivity index (χ0) is 10.1. The number of halogens is 3. The lowest BCUT2D eigenvalue weighted by atomic mass is 9.96. The molecular weight excluding hydrogens is 193 g/mol. The first-order valence-corrected chi connectivity index (χ1v) is 4.48. The van der Waals surface area contributed by atoms with Crippen molar-refractivity contribution >= 4 is 0 Å². The highest BCUT2D eigenvalue weighted by molar-refractivity contribution is 5.25. The lowest BCUT2D eigenvalue weighted by Crippen LogP contribution is -2.24. The molecule has 0 atom stereocenters. The Morgan fingerprint density at radius 1 is 1.07 bits per heavy atom. The summed E-state index contributed by atoms with van der Waals surface area (Å²) < 4.78 is 43.2. The molecular formula is C10H9F3O. The van der Waals surface area contributed by atoms with E-state index in [1.54, 1.807) is 0 Å². The van der Waals surface area contributed by atoms with Gasteiger partial charge in [0.05, 0.1) is 6.10 Å². The van der Waals surface area contributed by atoms with Gasteiger partial charge < -0.3 is 4.74 Å². The largest absolute Gasteiger partial charge is 0.490 e. The predicted octanol–water partition coefficient (Wildman–Crippen LogP) is 3.04. The minimum atomic E-state index is -1.45. The normalized spacial score (nSPS) is 16.5. The SMILES string of the molecule is Fc1cc(OC2CCC2)cc(F)c1F. The van der Waals surface area contributed by atoms with Crippen LogP contribution in [0.3, 0.4) is 0 Å². The average molecular weight is 202 g/mol. The Balaban J connectivity index is 2.17. The van der Waals surface area contributed by atoms with E-state index in [0.717, 1.165) is 31.4 Å². The molecule has 4 heteroatoms. The summed E-state index contributed by atoms with van der Waals surface area (Å²) in [5.74, 6) is -3.81. The van der Waals surface area contributed by atoms with Crippen molar-refractivity contribution in [2.75, 3.05) is 0 Å². The van der Waals surface area contributed by atoms with Gasteiger partial charge in [0, 0.05) is 12.1 Å². The smallest absolute Gasteiger partial charge is 0.194 e. The monoisotopic (exact) mass is 202 g/mol. The molecule has 1 nitrogen and oxygen atoms in total. The Kier molecular flexibility index (Phi) is 2.35. The molecule has 0 aromatic heterocycles. The molecule has 14 heavy (non-hydrogen) atoms. The van der Waals surface area contributed by atoms with Crippen LogP contribution in [0, 0.1) is 17.5 Å². The Hall–Kier alpha value is -1.19. The predicted molar refractivity (Wildman–Crippen MR) is 44.6 cm³/mol. The molecule has 1 aromatic rings. The zero-order valence-corrected chi connectivity index (χ0v) is 7.40. The topological polar surface area (TPSA) is 9.23 Å². The summed E-state index contributed by atoms with van der Waals surface area (Å²) >= 11 is 0. The first-order chi connectivity index (χ1) is 6.66. The maximum atomic E-state index is 12.7. The van der Waals surface area contributed by atoms with Crippen LogP contribution in [-0.4, -0.2) is 6.10 Å². The van der Waals surface area contributed by atoms with Gasteiger partial charge in [-0.3, -0.25) is 0 Å². The van der Waals surface area contributed by atoms with Gasteiger partial charge in [-0.1, -0.05) is 0 Å². The minimum absolute atomic E-state index is 0.0271. The molecule has 0 heterocycles. The van der Waals surface area contributed by atoms with Crippen molar-refractivity contribution in [2.24, 2.45) is 0 Å². The second kappa shape index (κ2) is 3.52. The van der Waals surface area contributed by atoms with E-state index in [0.29, 0.717) is 0 Å². The summed E-state index contributed by atoms with van der Waals surface area (Å²) in [6, 6.07) is 1.74. The third kappa shape index (κ3) is 1.69. The molecule has 76 valence electrons. The van der Waals surface area contributed by atoms with Crippen LogP contribution in [0.1, 0.15) is 19.3 Å². The second-order valence-corrected chi connectivity index (χ2v) is 3.37. The lowest BCUT2D eigenvalue weighted by molar-refractivity contribution is 0.119. The van der Waals surface area contributed by atoms with Crippen molar-refractivity contribution < 1.29 is 17.9 Å². The number of hydrogen-bond acceptors (Lipinski definition) is 1. The number of hydrogen-bond donors (Lipinski definition) is 0. The molecule has 1 aliphatic carbocycles. The van der Waals surface area contributed by atoms with Crippen LogP contribution in [-0.2, 0) is 0 Å². The number of benzene rings is 1. The summed E-state index contributed by atoms with van der Waals surface area (Å²) in [6.45, 7) is 0.